The van der Waals surface area contributed by atoms with Crippen LogP contribution in [0.3, 0.4) is 0 Å². The summed E-state index contributed by atoms with van der Waals surface area (Å²) in [6, 6.07) is 10.3. The van der Waals surface area contributed by atoms with E-state index in [1.165, 1.54) is 10.7 Å². The van der Waals surface area contributed by atoms with Crippen molar-refractivity contribution in [1.82, 2.24) is 20.2 Å². The molecule has 0 unspecified atom stereocenters. The highest BCUT2D eigenvalue weighted by atomic mass is 79.9. The van der Waals surface area contributed by atoms with Crippen molar-refractivity contribution in [1.29, 1.82) is 0 Å². The van der Waals surface area contributed by atoms with E-state index >= 15 is 0 Å². The maximum absolute atomic E-state index is 13.8. The van der Waals surface area contributed by atoms with Crippen LogP contribution in [0.2, 0.25) is 0 Å². The molecule has 1 heterocycles. The van der Waals surface area contributed by atoms with E-state index in [1.54, 1.807) is 18.2 Å². The van der Waals surface area contributed by atoms with Crippen molar-refractivity contribution >= 4 is 21.6 Å². The topological polar surface area (TPSA) is 69.6 Å². The number of tetrazole rings is 1. The number of halogens is 2. The van der Waals surface area contributed by atoms with E-state index in [-0.39, 0.29) is 5.82 Å². The molecule has 1 aromatic heterocycles. The number of hydrogen-bond donors (Lipinski definition) is 1. The highest BCUT2D eigenvalue weighted by Crippen LogP contribution is 2.26. The summed E-state index contributed by atoms with van der Waals surface area (Å²) in [5, 5.41) is 11.7. The van der Waals surface area contributed by atoms with Crippen molar-refractivity contribution in [2.75, 3.05) is 5.73 Å². The van der Waals surface area contributed by atoms with E-state index in [0.29, 0.717) is 21.7 Å². The van der Waals surface area contributed by atoms with Crippen molar-refractivity contribution in [3.05, 3.63) is 52.3 Å². The van der Waals surface area contributed by atoms with E-state index in [4.69, 9.17) is 5.73 Å². The van der Waals surface area contributed by atoms with Gasteiger partial charge < -0.3 is 5.73 Å². The molecule has 0 fully saturated rings. The Hall–Kier alpha value is -2.28. The molecule has 0 atom stereocenters. The number of aromatic nitrogens is 4. The second-order valence-corrected chi connectivity index (χ2v) is 5.45. The largest absolute Gasteiger partial charge is 0.399 e. The molecule has 3 rings (SSSR count). The van der Waals surface area contributed by atoms with Gasteiger partial charge in [0.05, 0.1) is 10.2 Å². The first kappa shape index (κ1) is 13.7. The fraction of sp³-hybridized carbons (Fsp3) is 0.0714. The third-order valence-corrected chi connectivity index (χ3v) is 3.69. The van der Waals surface area contributed by atoms with Gasteiger partial charge in [0.25, 0.3) is 0 Å². The van der Waals surface area contributed by atoms with Crippen molar-refractivity contribution in [2.45, 2.75) is 6.92 Å². The molecule has 21 heavy (non-hydrogen) atoms. The van der Waals surface area contributed by atoms with Crippen LogP contribution >= 0.6 is 15.9 Å². The van der Waals surface area contributed by atoms with Gasteiger partial charge in [-0.15, -0.1) is 5.10 Å². The fourth-order valence-electron chi connectivity index (χ4n) is 2.07. The van der Waals surface area contributed by atoms with Gasteiger partial charge >= 0.3 is 0 Å². The van der Waals surface area contributed by atoms with Crippen LogP contribution in [0.4, 0.5) is 10.1 Å². The lowest BCUT2D eigenvalue weighted by atomic mass is 10.1. The monoisotopic (exact) mass is 347 g/mol. The first-order valence-electron chi connectivity index (χ1n) is 6.16. The van der Waals surface area contributed by atoms with Crippen LogP contribution in [-0.2, 0) is 0 Å². The van der Waals surface area contributed by atoms with Crippen LogP contribution in [-0.4, -0.2) is 20.2 Å². The molecule has 7 heteroatoms. The van der Waals surface area contributed by atoms with Crippen molar-refractivity contribution < 1.29 is 4.39 Å². The molecule has 0 amide bonds. The van der Waals surface area contributed by atoms with Gasteiger partial charge in [-0.05, 0) is 57.0 Å². The van der Waals surface area contributed by atoms with Gasteiger partial charge in [0.15, 0.2) is 5.82 Å². The zero-order valence-electron chi connectivity index (χ0n) is 11.1. The summed E-state index contributed by atoms with van der Waals surface area (Å²) < 4.78 is 15.7. The van der Waals surface area contributed by atoms with Gasteiger partial charge in [-0.2, -0.15) is 4.68 Å². The molecule has 0 radical (unpaired) electrons. The van der Waals surface area contributed by atoms with E-state index in [9.17, 15) is 4.39 Å². The van der Waals surface area contributed by atoms with Crippen LogP contribution in [0.5, 0.6) is 0 Å². The van der Waals surface area contributed by atoms with Crippen LogP contribution < -0.4 is 5.73 Å². The molecule has 0 bridgehead atoms. The normalized spacial score (nSPS) is 10.8. The number of anilines is 1. The number of nitrogens with zero attached hydrogens (tertiary/aromatic N) is 4. The lowest BCUT2D eigenvalue weighted by molar-refractivity contribution is 0.617. The standard InChI is InChI=1S/C14H11BrFN5/c1-8-5-11(15)12(16)7-13(8)21-14(18-19-20-21)9-3-2-4-10(17)6-9/h2-7H,17H2,1H3. The number of benzene rings is 2. The Labute approximate surface area is 128 Å². The molecule has 106 valence electrons. The molecular formula is C14H11BrFN5. The van der Waals surface area contributed by atoms with Gasteiger partial charge in [-0.1, -0.05) is 12.1 Å². The lowest BCUT2D eigenvalue weighted by Gasteiger charge is -2.09. The minimum absolute atomic E-state index is 0.371. The number of nitrogen functional groups attached to an aromatic ring is 1. The molecule has 0 saturated heterocycles. The summed E-state index contributed by atoms with van der Waals surface area (Å²) in [5.74, 6) is 0.136. The predicted molar refractivity (Wildman–Crippen MR) is 81.4 cm³/mol. The Morgan fingerprint density at radius 1 is 1.24 bits per heavy atom. The smallest absolute Gasteiger partial charge is 0.187 e. The quantitative estimate of drug-likeness (QED) is 0.723. The van der Waals surface area contributed by atoms with Crippen LogP contribution in [0.15, 0.2) is 40.9 Å². The molecule has 2 aromatic carbocycles. The Bertz CT molecular complexity index is 815. The number of rotatable bonds is 2. The summed E-state index contributed by atoms with van der Waals surface area (Å²) in [7, 11) is 0. The highest BCUT2D eigenvalue weighted by molar-refractivity contribution is 9.10. The number of aryl methyl sites for hydroxylation is 1. The third-order valence-electron chi connectivity index (χ3n) is 3.08. The average Bonchev–Trinajstić information content (AvgIpc) is 2.92. The predicted octanol–water partition coefficient (Wildman–Crippen LogP) is 3.12. The zero-order valence-corrected chi connectivity index (χ0v) is 12.7. The fourth-order valence-corrected chi connectivity index (χ4v) is 2.53. The van der Waals surface area contributed by atoms with Crippen LogP contribution in [0, 0.1) is 12.7 Å². The number of hydrogen-bond acceptors (Lipinski definition) is 4. The lowest BCUT2D eigenvalue weighted by Crippen LogP contribution is -2.03. The summed E-state index contributed by atoms with van der Waals surface area (Å²) >= 11 is 3.16. The van der Waals surface area contributed by atoms with Gasteiger partial charge in [0, 0.05) is 17.3 Å². The molecule has 0 aliphatic carbocycles. The minimum Gasteiger partial charge on any atom is -0.399 e. The van der Waals surface area contributed by atoms with Crippen molar-refractivity contribution in [2.24, 2.45) is 0 Å². The van der Waals surface area contributed by atoms with Crippen LogP contribution in [0.25, 0.3) is 17.1 Å². The summed E-state index contributed by atoms with van der Waals surface area (Å²) in [5.41, 5.74) is 8.59. The number of nitrogens with two attached hydrogens (primary N) is 1. The van der Waals surface area contributed by atoms with Gasteiger partial charge in [0.2, 0.25) is 0 Å². The van der Waals surface area contributed by atoms with Crippen molar-refractivity contribution in [3.63, 3.8) is 0 Å². The maximum Gasteiger partial charge on any atom is 0.187 e. The molecule has 0 spiro atoms. The summed E-state index contributed by atoms with van der Waals surface area (Å²) in [4.78, 5) is 0. The second-order valence-electron chi connectivity index (χ2n) is 4.59. The van der Waals surface area contributed by atoms with E-state index in [2.05, 4.69) is 31.5 Å². The molecule has 3 aromatic rings. The van der Waals surface area contributed by atoms with E-state index < -0.39 is 0 Å². The Morgan fingerprint density at radius 2 is 2.05 bits per heavy atom. The van der Waals surface area contributed by atoms with E-state index in [0.717, 1.165) is 11.1 Å². The highest BCUT2D eigenvalue weighted by Gasteiger charge is 2.14. The first-order valence-corrected chi connectivity index (χ1v) is 6.96. The molecule has 2 N–H and O–H groups in total. The summed E-state index contributed by atoms with van der Waals surface area (Å²) in [6.45, 7) is 1.87. The molecular weight excluding hydrogens is 337 g/mol. The molecule has 0 aliphatic heterocycles. The molecule has 5 nitrogen and oxygen atoms in total. The third kappa shape index (κ3) is 2.52. The second kappa shape index (κ2) is 5.25. The molecule has 0 aliphatic rings. The van der Waals surface area contributed by atoms with E-state index in [1.807, 2.05) is 19.1 Å². The first-order chi connectivity index (χ1) is 10.1. The van der Waals surface area contributed by atoms with Crippen LogP contribution in [0.1, 0.15) is 5.56 Å². The van der Waals surface area contributed by atoms with Gasteiger partial charge in [0.1, 0.15) is 5.82 Å². The summed E-state index contributed by atoms with van der Waals surface area (Å²) in [6.07, 6.45) is 0. The van der Waals surface area contributed by atoms with Gasteiger partial charge in [-0.3, -0.25) is 0 Å². The van der Waals surface area contributed by atoms with Gasteiger partial charge in [-0.25, -0.2) is 4.39 Å². The zero-order chi connectivity index (χ0) is 15.0. The Kier molecular flexibility index (Phi) is 3.42. The average molecular weight is 348 g/mol. The molecule has 0 saturated carbocycles. The van der Waals surface area contributed by atoms with Crippen molar-refractivity contribution in [3.8, 4) is 17.1 Å². The SMILES string of the molecule is Cc1cc(Br)c(F)cc1-n1nnnc1-c1cccc(N)c1. The minimum atomic E-state index is -0.371. The Morgan fingerprint density at radius 3 is 2.81 bits per heavy atom. The Balaban J connectivity index is 2.18. The maximum atomic E-state index is 13.8.